The first-order chi connectivity index (χ1) is 24.6. The van der Waals surface area contributed by atoms with Gasteiger partial charge in [-0.3, -0.25) is 4.79 Å². The maximum Gasteiger partial charge on any atom is 0.185 e. The number of rotatable bonds is 33. The van der Waals surface area contributed by atoms with E-state index in [-0.39, 0.29) is 5.78 Å². The van der Waals surface area contributed by atoms with Crippen LogP contribution in [-0.2, 0) is 0 Å². The minimum absolute atomic E-state index is 0.0381. The van der Waals surface area contributed by atoms with Crippen LogP contribution in [0.2, 0.25) is 0 Å². The third-order valence-electron chi connectivity index (χ3n) is 9.13. The normalized spacial score (nSPS) is 11.5. The Labute approximate surface area is 321 Å². The molecule has 0 aliphatic heterocycles. The van der Waals surface area contributed by atoms with E-state index < -0.39 is 0 Å². The Kier molecular flexibility index (Phi) is 28.0. The molecule has 0 aliphatic carbocycles. The maximum atomic E-state index is 13.1. The lowest BCUT2D eigenvalue weighted by molar-refractivity contribution is 0.104. The molecule has 0 N–H and O–H groups in total. The van der Waals surface area contributed by atoms with Gasteiger partial charge in [-0.25, -0.2) is 0 Å². The molecule has 5 heteroatoms. The van der Waals surface area contributed by atoms with Gasteiger partial charge >= 0.3 is 0 Å². The topological polar surface area (TPSA) is 26.3 Å². The third kappa shape index (κ3) is 21.3. The van der Waals surface area contributed by atoms with Gasteiger partial charge in [0, 0.05) is 20.2 Å². The summed E-state index contributed by atoms with van der Waals surface area (Å²) in [6.45, 7) is 9.82. The highest BCUT2D eigenvalue weighted by molar-refractivity contribution is 8.03. The second-order valence-corrected chi connectivity index (χ2v) is 17.2. The predicted molar refractivity (Wildman–Crippen MR) is 228 cm³/mol. The van der Waals surface area contributed by atoms with Crippen LogP contribution in [0.5, 0.6) is 5.75 Å². The number of ketones is 1. The summed E-state index contributed by atoms with van der Waals surface area (Å²) < 4.78 is 6.01. The monoisotopic (exact) mass is 740 g/mol. The molecular weight excluding hydrogens is 669 g/mol. The van der Waals surface area contributed by atoms with Gasteiger partial charge in [-0.15, -0.1) is 35.3 Å². The van der Waals surface area contributed by atoms with Crippen molar-refractivity contribution in [3.63, 3.8) is 0 Å². The standard InChI is InChI=1S/C45H72O2S3/c1-5-9-13-14-15-16-17-18-19-20-21-22-23-24-25-26-33-47-41-30-28-40(29-31-41)42(46)32-27-39-37-43(48-34-10-6-2)45(50-36-12-8-4)44(38-39)49-35-11-7-3/h27-32,37-38H,5-26,33-36H2,1-4H3. The molecule has 0 fully saturated rings. The zero-order chi connectivity index (χ0) is 35.9. The van der Waals surface area contributed by atoms with Crippen molar-refractivity contribution in [3.8, 4) is 5.75 Å². The van der Waals surface area contributed by atoms with E-state index in [0.717, 1.165) is 41.6 Å². The summed E-state index contributed by atoms with van der Waals surface area (Å²) in [6.07, 6.45) is 33.1. The Morgan fingerprint density at radius 1 is 0.540 bits per heavy atom. The lowest BCUT2D eigenvalue weighted by atomic mass is 10.0. The van der Waals surface area contributed by atoms with Crippen LogP contribution >= 0.6 is 35.3 Å². The van der Waals surface area contributed by atoms with Gasteiger partial charge in [-0.05, 0) is 91.0 Å². The number of hydrogen-bond donors (Lipinski definition) is 0. The SMILES string of the molecule is CCCCCCCCCCCCCCCCCCOc1ccc(C(=O)C=Cc2cc(SCCCC)c(SCCCC)c(SCCCC)c2)cc1. The second kappa shape index (κ2) is 31.2. The molecule has 2 rings (SSSR count). The van der Waals surface area contributed by atoms with Crippen LogP contribution in [0, 0.1) is 0 Å². The van der Waals surface area contributed by atoms with Gasteiger partial charge in [-0.1, -0.05) is 149 Å². The minimum atomic E-state index is 0.0381. The first kappa shape index (κ1) is 44.9. The Balaban J connectivity index is 1.75. The highest BCUT2D eigenvalue weighted by atomic mass is 32.2. The molecule has 0 amide bonds. The van der Waals surface area contributed by atoms with Crippen LogP contribution in [0.15, 0.2) is 57.2 Å². The van der Waals surface area contributed by atoms with Gasteiger partial charge in [0.25, 0.3) is 0 Å². The van der Waals surface area contributed by atoms with E-state index in [2.05, 4.69) is 39.8 Å². The van der Waals surface area contributed by atoms with Gasteiger partial charge < -0.3 is 4.74 Å². The molecule has 0 aromatic heterocycles. The van der Waals surface area contributed by atoms with Crippen LogP contribution in [0.4, 0.5) is 0 Å². The summed E-state index contributed by atoms with van der Waals surface area (Å²) in [5.41, 5.74) is 1.83. The lowest BCUT2D eigenvalue weighted by Crippen LogP contribution is -1.99. The number of benzene rings is 2. The summed E-state index contributed by atoms with van der Waals surface area (Å²) in [4.78, 5) is 17.3. The van der Waals surface area contributed by atoms with Crippen molar-refractivity contribution in [2.45, 2.75) is 184 Å². The van der Waals surface area contributed by atoms with Crippen LogP contribution in [0.25, 0.3) is 6.08 Å². The number of carbonyl (C=O) groups is 1. The quantitative estimate of drug-likeness (QED) is 0.0314. The van der Waals surface area contributed by atoms with E-state index in [1.54, 1.807) is 6.08 Å². The fraction of sp³-hybridized carbons (Fsp3) is 0.667. The fourth-order valence-corrected chi connectivity index (χ4v) is 9.88. The van der Waals surface area contributed by atoms with E-state index in [4.69, 9.17) is 4.74 Å². The minimum Gasteiger partial charge on any atom is -0.494 e. The average Bonchev–Trinajstić information content (AvgIpc) is 3.13. The van der Waals surface area contributed by atoms with Crippen LogP contribution in [0.1, 0.15) is 185 Å². The highest BCUT2D eigenvalue weighted by Crippen LogP contribution is 2.41. The molecule has 0 heterocycles. The maximum absolute atomic E-state index is 13.1. The largest absolute Gasteiger partial charge is 0.494 e. The molecular formula is C45H72O2S3. The molecule has 0 aliphatic rings. The fourth-order valence-electron chi connectivity index (χ4n) is 5.85. The molecule has 2 aromatic rings. The average molecular weight is 741 g/mol. The number of thioether (sulfide) groups is 3. The van der Waals surface area contributed by atoms with Crippen LogP contribution < -0.4 is 4.74 Å². The van der Waals surface area contributed by atoms with Crippen molar-refractivity contribution in [2.24, 2.45) is 0 Å². The summed E-state index contributed by atoms with van der Waals surface area (Å²) in [5.74, 6) is 4.32. The smallest absolute Gasteiger partial charge is 0.185 e. The Bertz CT molecular complexity index is 1110. The molecule has 50 heavy (non-hydrogen) atoms. The summed E-state index contributed by atoms with van der Waals surface area (Å²) in [7, 11) is 0. The number of hydrogen-bond acceptors (Lipinski definition) is 5. The molecule has 2 nitrogen and oxygen atoms in total. The first-order valence-electron chi connectivity index (χ1n) is 20.6. The molecule has 0 saturated carbocycles. The van der Waals surface area contributed by atoms with Gasteiger partial charge in [-0.2, -0.15) is 0 Å². The van der Waals surface area contributed by atoms with Crippen molar-refractivity contribution in [2.75, 3.05) is 23.9 Å². The van der Waals surface area contributed by atoms with Crippen molar-refractivity contribution in [1.82, 2.24) is 0 Å². The van der Waals surface area contributed by atoms with Gasteiger partial charge in [0.2, 0.25) is 0 Å². The molecule has 0 atom stereocenters. The van der Waals surface area contributed by atoms with E-state index in [0.29, 0.717) is 5.56 Å². The van der Waals surface area contributed by atoms with Gasteiger partial charge in [0.15, 0.2) is 5.78 Å². The first-order valence-corrected chi connectivity index (χ1v) is 23.6. The van der Waals surface area contributed by atoms with Crippen molar-refractivity contribution < 1.29 is 9.53 Å². The Hall–Kier alpha value is -1.30. The van der Waals surface area contributed by atoms with Crippen LogP contribution in [0.3, 0.4) is 0 Å². The highest BCUT2D eigenvalue weighted by Gasteiger charge is 2.13. The molecule has 2 aromatic carbocycles. The summed E-state index contributed by atoms with van der Waals surface area (Å²) in [5, 5.41) is 0. The van der Waals surface area contributed by atoms with Crippen molar-refractivity contribution in [1.29, 1.82) is 0 Å². The van der Waals surface area contributed by atoms with E-state index >= 15 is 0 Å². The van der Waals surface area contributed by atoms with Crippen molar-refractivity contribution >= 4 is 47.1 Å². The Morgan fingerprint density at radius 3 is 1.42 bits per heavy atom. The number of unbranched alkanes of at least 4 members (excludes halogenated alkanes) is 18. The van der Waals surface area contributed by atoms with E-state index in [1.807, 2.05) is 65.6 Å². The van der Waals surface area contributed by atoms with Gasteiger partial charge in [0.05, 0.1) is 6.61 Å². The molecule has 0 unspecified atom stereocenters. The van der Waals surface area contributed by atoms with Crippen molar-refractivity contribution in [3.05, 3.63) is 53.6 Å². The lowest BCUT2D eigenvalue weighted by Gasteiger charge is -2.16. The second-order valence-electron chi connectivity index (χ2n) is 13.8. The molecule has 0 saturated heterocycles. The number of ether oxygens (including phenoxy) is 1. The predicted octanol–water partition coefficient (Wildman–Crippen LogP) is 15.9. The number of allylic oxidation sites excluding steroid dienone is 1. The van der Waals surface area contributed by atoms with Gasteiger partial charge in [0.1, 0.15) is 5.75 Å². The molecule has 0 radical (unpaired) electrons. The third-order valence-corrected chi connectivity index (χ3v) is 12.9. The Morgan fingerprint density at radius 2 is 0.960 bits per heavy atom. The molecule has 282 valence electrons. The summed E-state index contributed by atoms with van der Waals surface area (Å²) in [6, 6.07) is 12.3. The van der Waals surface area contributed by atoms with E-state index in [1.165, 1.54) is 150 Å². The summed E-state index contributed by atoms with van der Waals surface area (Å²) >= 11 is 5.98. The zero-order valence-corrected chi connectivity index (χ0v) is 35.0. The zero-order valence-electron chi connectivity index (χ0n) is 32.5. The number of carbonyl (C=O) groups excluding carboxylic acids is 1. The van der Waals surface area contributed by atoms with E-state index in [9.17, 15) is 4.79 Å². The molecule has 0 bridgehead atoms. The van der Waals surface area contributed by atoms with Crippen LogP contribution in [-0.4, -0.2) is 29.6 Å². The molecule has 0 spiro atoms.